The van der Waals surface area contributed by atoms with E-state index in [1.54, 1.807) is 25.3 Å². The number of nitrogens with zero attached hydrogens (tertiary/aromatic N) is 2. The van der Waals surface area contributed by atoms with Crippen molar-refractivity contribution in [2.45, 2.75) is 39.3 Å². The number of hydrogen-bond acceptors (Lipinski definition) is 4. The third-order valence-corrected chi connectivity index (χ3v) is 3.58. The number of rotatable bonds is 8. The zero-order valence-electron chi connectivity index (χ0n) is 14.4. The number of guanidine groups is 1. The molecule has 1 aromatic heterocycles. The van der Waals surface area contributed by atoms with Crippen molar-refractivity contribution in [3.63, 3.8) is 0 Å². The smallest absolute Gasteiger partial charge is 0.191 e. The van der Waals surface area contributed by atoms with Crippen molar-refractivity contribution >= 4 is 5.96 Å². The van der Waals surface area contributed by atoms with Gasteiger partial charge in [0, 0.05) is 25.7 Å². The summed E-state index contributed by atoms with van der Waals surface area (Å²) in [6.07, 6.45) is 1.55. The van der Waals surface area contributed by atoms with Crippen molar-refractivity contribution < 1.29 is 9.52 Å². The van der Waals surface area contributed by atoms with Gasteiger partial charge in [-0.15, -0.1) is 0 Å². The Morgan fingerprint density at radius 3 is 2.73 bits per heavy atom. The summed E-state index contributed by atoms with van der Waals surface area (Å²) in [6.45, 7) is 10.8. The Labute approximate surface area is 133 Å². The molecule has 22 heavy (non-hydrogen) atoms. The maximum Gasteiger partial charge on any atom is 0.191 e. The first-order valence-corrected chi connectivity index (χ1v) is 7.85. The lowest BCUT2D eigenvalue weighted by atomic mass is 10.0. The van der Waals surface area contributed by atoms with Crippen LogP contribution in [0.1, 0.15) is 33.5 Å². The van der Waals surface area contributed by atoms with E-state index in [-0.39, 0.29) is 6.54 Å². The van der Waals surface area contributed by atoms with Crippen LogP contribution in [0.2, 0.25) is 0 Å². The van der Waals surface area contributed by atoms with Gasteiger partial charge < -0.3 is 25.1 Å². The summed E-state index contributed by atoms with van der Waals surface area (Å²) < 4.78 is 5.26. The van der Waals surface area contributed by atoms with Crippen LogP contribution in [0.5, 0.6) is 0 Å². The number of aliphatic imine (C=N–C) groups is 1. The number of likely N-dealkylation sites (N-methyl/N-ethyl adjacent to an activating group) is 1. The molecule has 6 heteroatoms. The fourth-order valence-electron chi connectivity index (χ4n) is 1.85. The van der Waals surface area contributed by atoms with E-state index in [2.05, 4.69) is 41.4 Å². The fourth-order valence-corrected chi connectivity index (χ4v) is 1.85. The highest BCUT2D eigenvalue weighted by molar-refractivity contribution is 5.79. The van der Waals surface area contributed by atoms with E-state index in [9.17, 15) is 5.11 Å². The highest BCUT2D eigenvalue weighted by Crippen LogP contribution is 2.20. The Morgan fingerprint density at radius 2 is 2.18 bits per heavy atom. The topological polar surface area (TPSA) is 73.0 Å². The third-order valence-electron chi connectivity index (χ3n) is 3.58. The molecule has 6 nitrogen and oxygen atoms in total. The molecule has 1 rings (SSSR count). The number of aliphatic hydroxyl groups is 1. The van der Waals surface area contributed by atoms with Gasteiger partial charge in [0.2, 0.25) is 0 Å². The highest BCUT2D eigenvalue weighted by Gasteiger charge is 2.26. The molecule has 0 saturated carbocycles. The van der Waals surface area contributed by atoms with Crippen LogP contribution in [-0.4, -0.2) is 55.2 Å². The minimum Gasteiger partial charge on any atom is -0.466 e. The van der Waals surface area contributed by atoms with Crippen molar-refractivity contribution in [1.29, 1.82) is 0 Å². The molecule has 1 heterocycles. The van der Waals surface area contributed by atoms with Crippen LogP contribution in [0.25, 0.3) is 0 Å². The van der Waals surface area contributed by atoms with Crippen LogP contribution in [-0.2, 0) is 5.60 Å². The second kappa shape index (κ2) is 8.80. The predicted molar refractivity (Wildman–Crippen MR) is 90.0 cm³/mol. The molecule has 1 atom stereocenters. The van der Waals surface area contributed by atoms with E-state index in [4.69, 9.17) is 4.42 Å². The van der Waals surface area contributed by atoms with Crippen molar-refractivity contribution in [3.8, 4) is 0 Å². The molecule has 0 spiro atoms. The van der Waals surface area contributed by atoms with E-state index in [0.717, 1.165) is 19.6 Å². The van der Waals surface area contributed by atoms with E-state index in [0.29, 0.717) is 17.8 Å². The molecule has 126 valence electrons. The van der Waals surface area contributed by atoms with E-state index in [1.165, 1.54) is 0 Å². The lowest BCUT2D eigenvalue weighted by Crippen LogP contribution is -2.42. The monoisotopic (exact) mass is 310 g/mol. The molecular formula is C16H30N4O2. The van der Waals surface area contributed by atoms with Crippen LogP contribution in [0.15, 0.2) is 27.8 Å². The molecule has 1 unspecified atom stereocenters. The Hall–Kier alpha value is -1.53. The van der Waals surface area contributed by atoms with Gasteiger partial charge >= 0.3 is 0 Å². The van der Waals surface area contributed by atoms with Gasteiger partial charge in [0.25, 0.3) is 0 Å². The molecule has 0 aliphatic rings. The first kappa shape index (κ1) is 18.5. The van der Waals surface area contributed by atoms with Gasteiger partial charge in [-0.3, -0.25) is 0 Å². The van der Waals surface area contributed by atoms with Crippen LogP contribution < -0.4 is 10.6 Å². The molecule has 3 N–H and O–H groups in total. The average molecular weight is 310 g/mol. The minimum absolute atomic E-state index is 0.232. The molecule has 0 bridgehead atoms. The maximum atomic E-state index is 10.4. The molecule has 0 radical (unpaired) electrons. The van der Waals surface area contributed by atoms with Gasteiger partial charge in [0.05, 0.1) is 12.8 Å². The summed E-state index contributed by atoms with van der Waals surface area (Å²) in [5.74, 6) is 1.22. The first-order valence-electron chi connectivity index (χ1n) is 7.85. The SMILES string of the molecule is CCNC(=NCC(C)(O)c1ccco1)NCCN(C)C(C)C. The second-order valence-electron chi connectivity index (χ2n) is 5.95. The van der Waals surface area contributed by atoms with Crippen molar-refractivity contribution in [1.82, 2.24) is 15.5 Å². The third kappa shape index (κ3) is 6.07. The van der Waals surface area contributed by atoms with Gasteiger partial charge in [-0.2, -0.15) is 0 Å². The van der Waals surface area contributed by atoms with Crippen LogP contribution in [0, 0.1) is 0 Å². The standard InChI is InChI=1S/C16H30N4O2/c1-6-17-15(18-9-10-20(5)13(2)3)19-12-16(4,21)14-8-7-11-22-14/h7-8,11,13,21H,6,9-10,12H2,1-5H3,(H2,17,18,19). The van der Waals surface area contributed by atoms with Gasteiger partial charge in [0.15, 0.2) is 5.96 Å². The van der Waals surface area contributed by atoms with Crippen LogP contribution in [0.4, 0.5) is 0 Å². The number of nitrogens with one attached hydrogen (secondary N) is 2. The maximum absolute atomic E-state index is 10.4. The summed E-state index contributed by atoms with van der Waals surface area (Å²) in [4.78, 5) is 6.71. The molecule has 0 aliphatic heterocycles. The van der Waals surface area contributed by atoms with Crippen LogP contribution in [0.3, 0.4) is 0 Å². The molecule has 0 fully saturated rings. The van der Waals surface area contributed by atoms with Gasteiger partial charge in [-0.1, -0.05) is 0 Å². The zero-order chi connectivity index (χ0) is 16.6. The van der Waals surface area contributed by atoms with Crippen molar-refractivity contribution in [2.75, 3.05) is 33.2 Å². The number of furan rings is 1. The summed E-state index contributed by atoms with van der Waals surface area (Å²) in [6, 6.07) is 4.03. The first-order chi connectivity index (χ1) is 10.4. The molecule has 0 amide bonds. The van der Waals surface area contributed by atoms with Crippen molar-refractivity contribution in [3.05, 3.63) is 24.2 Å². The quantitative estimate of drug-likeness (QED) is 0.500. The van der Waals surface area contributed by atoms with Crippen molar-refractivity contribution in [2.24, 2.45) is 4.99 Å². The van der Waals surface area contributed by atoms with Crippen LogP contribution >= 0.6 is 0 Å². The lowest BCUT2D eigenvalue weighted by molar-refractivity contribution is 0.0437. The second-order valence-corrected chi connectivity index (χ2v) is 5.95. The Kier molecular flexibility index (Phi) is 7.41. The molecular weight excluding hydrogens is 280 g/mol. The fraction of sp³-hybridized carbons (Fsp3) is 0.688. The molecule has 1 aromatic rings. The minimum atomic E-state index is -1.11. The normalized spacial score (nSPS) is 15.2. The van der Waals surface area contributed by atoms with E-state index < -0.39 is 5.60 Å². The number of hydrogen-bond donors (Lipinski definition) is 3. The Balaban J connectivity index is 2.55. The predicted octanol–water partition coefficient (Wildman–Crippen LogP) is 1.38. The van der Waals surface area contributed by atoms with E-state index >= 15 is 0 Å². The zero-order valence-corrected chi connectivity index (χ0v) is 14.4. The average Bonchev–Trinajstić information content (AvgIpc) is 2.99. The lowest BCUT2D eigenvalue weighted by Gasteiger charge is -2.22. The Bertz CT molecular complexity index is 441. The summed E-state index contributed by atoms with van der Waals surface area (Å²) in [5, 5.41) is 16.9. The Morgan fingerprint density at radius 1 is 1.45 bits per heavy atom. The largest absolute Gasteiger partial charge is 0.466 e. The summed E-state index contributed by atoms with van der Waals surface area (Å²) in [5.41, 5.74) is -1.11. The van der Waals surface area contributed by atoms with Gasteiger partial charge in [-0.25, -0.2) is 4.99 Å². The summed E-state index contributed by atoms with van der Waals surface area (Å²) in [7, 11) is 2.10. The summed E-state index contributed by atoms with van der Waals surface area (Å²) >= 11 is 0. The van der Waals surface area contributed by atoms with Gasteiger partial charge in [0.1, 0.15) is 11.4 Å². The molecule has 0 aromatic carbocycles. The highest BCUT2D eigenvalue weighted by atomic mass is 16.4. The van der Waals surface area contributed by atoms with Gasteiger partial charge in [-0.05, 0) is 46.9 Å². The van der Waals surface area contributed by atoms with E-state index in [1.807, 2.05) is 6.92 Å². The molecule has 0 saturated heterocycles. The molecule has 0 aliphatic carbocycles.